The molecule has 1 aromatic carbocycles. The Labute approximate surface area is 182 Å². The van der Waals surface area contributed by atoms with Crippen molar-refractivity contribution in [1.29, 1.82) is 0 Å². The summed E-state index contributed by atoms with van der Waals surface area (Å²) in [4.78, 5) is 23.4. The van der Waals surface area contributed by atoms with Crippen molar-refractivity contribution in [2.45, 2.75) is 25.7 Å². The molecule has 4 rings (SSSR count). The first-order chi connectivity index (χ1) is 14.6. The smallest absolute Gasteiger partial charge is 0.223 e. The van der Waals surface area contributed by atoms with Gasteiger partial charge in [0.2, 0.25) is 5.91 Å². The number of anilines is 2. The number of aryl methyl sites for hydroxylation is 1. The van der Waals surface area contributed by atoms with Crippen LogP contribution in [0, 0.1) is 11.7 Å². The summed E-state index contributed by atoms with van der Waals surface area (Å²) in [5.41, 5.74) is 1.85. The molecule has 0 aliphatic heterocycles. The van der Waals surface area contributed by atoms with Gasteiger partial charge in [0, 0.05) is 36.7 Å². The van der Waals surface area contributed by atoms with Gasteiger partial charge in [-0.2, -0.15) is 0 Å². The molecule has 0 radical (unpaired) electrons. The molecule has 1 aliphatic rings. The quantitative estimate of drug-likeness (QED) is 0.521. The molecule has 0 bridgehead atoms. The maximum absolute atomic E-state index is 13.5. The second-order valence-corrected chi connectivity index (χ2v) is 8.73. The van der Waals surface area contributed by atoms with Gasteiger partial charge < -0.3 is 15.4 Å². The summed E-state index contributed by atoms with van der Waals surface area (Å²) < 4.78 is 18.5. The molecule has 2 heterocycles. The van der Waals surface area contributed by atoms with Crippen LogP contribution in [0.5, 0.6) is 0 Å². The molecule has 30 heavy (non-hydrogen) atoms. The zero-order valence-electron chi connectivity index (χ0n) is 16.5. The largest absolute Gasteiger partial charge is 0.385 e. The topological polar surface area (TPSA) is 76.1 Å². The zero-order valence-corrected chi connectivity index (χ0v) is 18.1. The van der Waals surface area contributed by atoms with Crippen LogP contribution < -0.4 is 10.6 Å². The Bertz CT molecular complexity index is 1070. The summed E-state index contributed by atoms with van der Waals surface area (Å²) in [5, 5.41) is 7.27. The lowest BCUT2D eigenvalue weighted by Crippen LogP contribution is -2.34. The van der Waals surface area contributed by atoms with E-state index in [0.717, 1.165) is 29.5 Å². The van der Waals surface area contributed by atoms with E-state index in [-0.39, 0.29) is 16.8 Å². The number of amides is 1. The number of ether oxygens (including phenoxy) is 1. The van der Waals surface area contributed by atoms with E-state index in [2.05, 4.69) is 20.6 Å². The first kappa shape index (κ1) is 21.0. The number of fused-ring (bicyclic) bond motifs is 3. The van der Waals surface area contributed by atoms with Gasteiger partial charge in [0.1, 0.15) is 22.8 Å². The number of thiophene rings is 1. The molecule has 9 heteroatoms. The zero-order chi connectivity index (χ0) is 21.1. The summed E-state index contributed by atoms with van der Waals surface area (Å²) in [6, 6.07) is 4.48. The van der Waals surface area contributed by atoms with E-state index in [0.29, 0.717) is 31.1 Å². The van der Waals surface area contributed by atoms with Gasteiger partial charge in [0.15, 0.2) is 0 Å². The summed E-state index contributed by atoms with van der Waals surface area (Å²) in [6.45, 7) is 1.27. The van der Waals surface area contributed by atoms with E-state index in [1.807, 2.05) is 0 Å². The maximum Gasteiger partial charge on any atom is 0.223 e. The number of methoxy groups -OCH3 is 1. The van der Waals surface area contributed by atoms with E-state index >= 15 is 0 Å². The monoisotopic (exact) mass is 448 g/mol. The van der Waals surface area contributed by atoms with Crippen LogP contribution in [0.4, 0.5) is 15.9 Å². The van der Waals surface area contributed by atoms with Crippen molar-refractivity contribution in [2.75, 3.05) is 25.6 Å². The van der Waals surface area contributed by atoms with Crippen LogP contribution in [-0.2, 0) is 22.4 Å². The number of carbonyl (C=O) groups is 1. The summed E-state index contributed by atoms with van der Waals surface area (Å²) in [6.07, 6.45) is 4.59. The molecular formula is C21H22ClFN4O2S. The highest BCUT2D eigenvalue weighted by Crippen LogP contribution is 2.40. The number of hydrogen-bond donors (Lipinski definition) is 2. The molecule has 1 amide bonds. The molecule has 0 fully saturated rings. The van der Waals surface area contributed by atoms with E-state index in [1.165, 1.54) is 28.9 Å². The minimum atomic E-state index is -0.463. The fraction of sp³-hybridized carbons (Fsp3) is 0.381. The predicted octanol–water partition coefficient (Wildman–Crippen LogP) is 4.49. The van der Waals surface area contributed by atoms with E-state index < -0.39 is 5.82 Å². The van der Waals surface area contributed by atoms with Crippen LogP contribution in [0.15, 0.2) is 24.5 Å². The Balaban J connectivity index is 1.54. The van der Waals surface area contributed by atoms with Gasteiger partial charge >= 0.3 is 0 Å². The lowest BCUT2D eigenvalue weighted by Gasteiger charge is -2.21. The Morgan fingerprint density at radius 2 is 2.27 bits per heavy atom. The number of nitrogens with zero attached hydrogens (tertiary/aromatic N) is 2. The Morgan fingerprint density at radius 3 is 3.07 bits per heavy atom. The van der Waals surface area contributed by atoms with Crippen LogP contribution in [0.3, 0.4) is 0 Å². The van der Waals surface area contributed by atoms with Crippen molar-refractivity contribution in [3.8, 4) is 0 Å². The lowest BCUT2D eigenvalue weighted by atomic mass is 9.87. The van der Waals surface area contributed by atoms with Gasteiger partial charge in [-0.1, -0.05) is 11.6 Å². The van der Waals surface area contributed by atoms with Crippen molar-refractivity contribution >= 4 is 50.6 Å². The van der Waals surface area contributed by atoms with E-state index in [9.17, 15) is 9.18 Å². The summed E-state index contributed by atoms with van der Waals surface area (Å²) >= 11 is 7.51. The summed E-state index contributed by atoms with van der Waals surface area (Å²) in [7, 11) is 1.66. The Hall–Kier alpha value is -2.29. The fourth-order valence-electron chi connectivity index (χ4n) is 3.71. The highest BCUT2D eigenvalue weighted by molar-refractivity contribution is 7.19. The number of benzene rings is 1. The van der Waals surface area contributed by atoms with Crippen LogP contribution >= 0.6 is 22.9 Å². The predicted molar refractivity (Wildman–Crippen MR) is 117 cm³/mol. The normalized spacial score (nSPS) is 15.8. The standard InChI is InChI=1S/C21H22ClFN4O2S/c1-29-8-2-7-24-20(28)12-3-5-14-17(9-12)30-21-18(14)19(25-11-26-21)27-13-4-6-16(23)15(22)10-13/h4,6,10-12H,2-3,5,7-9H2,1H3,(H,24,28)(H,25,26,27). The number of rotatable bonds is 7. The molecule has 1 unspecified atom stereocenters. The Kier molecular flexibility index (Phi) is 6.46. The highest BCUT2D eigenvalue weighted by Gasteiger charge is 2.29. The fourth-order valence-corrected chi connectivity index (χ4v) is 5.16. The first-order valence-electron chi connectivity index (χ1n) is 9.80. The molecule has 158 valence electrons. The van der Waals surface area contributed by atoms with Crippen molar-refractivity contribution in [3.05, 3.63) is 45.8 Å². The molecule has 0 saturated carbocycles. The van der Waals surface area contributed by atoms with Crippen LogP contribution in [0.25, 0.3) is 10.2 Å². The minimum absolute atomic E-state index is 0.0339. The molecular weight excluding hydrogens is 427 g/mol. The van der Waals surface area contributed by atoms with Crippen molar-refractivity contribution in [3.63, 3.8) is 0 Å². The van der Waals surface area contributed by atoms with Gasteiger partial charge in [-0.25, -0.2) is 14.4 Å². The maximum atomic E-state index is 13.5. The third kappa shape index (κ3) is 4.40. The second-order valence-electron chi connectivity index (χ2n) is 7.24. The molecule has 0 saturated heterocycles. The van der Waals surface area contributed by atoms with Crippen molar-refractivity contribution < 1.29 is 13.9 Å². The van der Waals surface area contributed by atoms with Crippen LogP contribution in [0.1, 0.15) is 23.3 Å². The average molecular weight is 449 g/mol. The highest BCUT2D eigenvalue weighted by atomic mass is 35.5. The number of nitrogens with one attached hydrogen (secondary N) is 2. The molecule has 1 aliphatic carbocycles. The van der Waals surface area contributed by atoms with Crippen molar-refractivity contribution in [1.82, 2.24) is 15.3 Å². The Morgan fingerprint density at radius 1 is 1.40 bits per heavy atom. The first-order valence-corrected chi connectivity index (χ1v) is 11.0. The second kappa shape index (κ2) is 9.24. The average Bonchev–Trinajstić information content (AvgIpc) is 3.12. The van der Waals surface area contributed by atoms with E-state index in [1.54, 1.807) is 24.5 Å². The molecule has 3 aromatic rings. The molecule has 6 nitrogen and oxygen atoms in total. The number of halogens is 2. The number of hydrogen-bond acceptors (Lipinski definition) is 6. The van der Waals surface area contributed by atoms with Gasteiger partial charge in [-0.05, 0) is 49.4 Å². The third-order valence-corrected chi connectivity index (χ3v) is 6.67. The SMILES string of the molecule is COCCCNC(=O)C1CCc2c(sc3ncnc(Nc4ccc(F)c(Cl)c4)c23)C1. The number of aromatic nitrogens is 2. The molecule has 0 spiro atoms. The third-order valence-electron chi connectivity index (χ3n) is 5.22. The molecule has 1 atom stereocenters. The van der Waals surface area contributed by atoms with Crippen LogP contribution in [-0.4, -0.2) is 36.1 Å². The summed E-state index contributed by atoms with van der Waals surface area (Å²) in [5.74, 6) is 0.269. The molecule has 2 aromatic heterocycles. The van der Waals surface area contributed by atoms with Gasteiger partial charge in [0.05, 0.1) is 10.4 Å². The number of carbonyl (C=O) groups excluding carboxylic acids is 1. The van der Waals surface area contributed by atoms with E-state index in [4.69, 9.17) is 16.3 Å². The lowest BCUT2D eigenvalue weighted by molar-refractivity contribution is -0.125. The van der Waals surface area contributed by atoms with Crippen LogP contribution in [0.2, 0.25) is 5.02 Å². The van der Waals surface area contributed by atoms with Gasteiger partial charge in [0.25, 0.3) is 0 Å². The van der Waals surface area contributed by atoms with Crippen molar-refractivity contribution in [2.24, 2.45) is 5.92 Å². The van der Waals surface area contributed by atoms with Gasteiger partial charge in [-0.3, -0.25) is 4.79 Å². The van der Waals surface area contributed by atoms with Gasteiger partial charge in [-0.15, -0.1) is 11.3 Å². The minimum Gasteiger partial charge on any atom is -0.385 e. The molecule has 2 N–H and O–H groups in total.